The molecule has 4 aromatic carbocycles. The molecule has 0 radical (unpaired) electrons. The number of hydrogen-bond acceptors (Lipinski definition) is 4. The number of para-hydroxylation sites is 6. The van der Waals surface area contributed by atoms with E-state index in [1.54, 1.807) is 0 Å². The molecule has 0 amide bonds. The maximum absolute atomic E-state index is 6.35. The number of hydrogen-bond donors (Lipinski definition) is 0. The Morgan fingerprint density at radius 2 is 0.886 bits per heavy atom. The number of nitrogens with zero attached hydrogens (tertiary/aromatic N) is 4. The molecule has 0 aliphatic carbocycles. The van der Waals surface area contributed by atoms with E-state index < -0.39 is 0 Å². The van der Waals surface area contributed by atoms with Crippen molar-refractivity contribution in [3.05, 3.63) is 97.1 Å². The molecule has 8 rings (SSSR count). The van der Waals surface area contributed by atoms with Crippen LogP contribution in [0.15, 0.2) is 97.1 Å². The molecule has 6 nitrogen and oxygen atoms in total. The number of imidazole rings is 2. The minimum absolute atomic E-state index is 0.0556. The number of fused-ring (bicyclic) bond motifs is 10. The van der Waals surface area contributed by atoms with E-state index in [1.165, 1.54) is 11.0 Å². The molecule has 0 saturated heterocycles. The summed E-state index contributed by atoms with van der Waals surface area (Å²) in [6.07, 6.45) is 0.208. The standard InChI is InChI=1S/2C19H20N2O/c2*1-19(2,3)17-12-21-15-10-6-5-9-14(15)20-18(21)13-8-4-7-11-16(13)22-17/h2*4-11,17H,12H2,1-3H3/t2*17-/m11/s1. The first-order chi connectivity index (χ1) is 21.1. The normalized spacial score (nSPS) is 17.5. The lowest BCUT2D eigenvalue weighted by atomic mass is 9.89. The quantitative estimate of drug-likeness (QED) is 0.179. The molecule has 2 aliphatic rings. The summed E-state index contributed by atoms with van der Waals surface area (Å²) in [7, 11) is 0. The second kappa shape index (κ2) is 10.5. The average molecular weight is 585 g/mol. The van der Waals surface area contributed by atoms with Crippen LogP contribution in [0.25, 0.3) is 44.8 Å². The van der Waals surface area contributed by atoms with Gasteiger partial charge in [0, 0.05) is 10.8 Å². The van der Waals surface area contributed by atoms with Gasteiger partial charge in [-0.3, -0.25) is 0 Å². The van der Waals surface area contributed by atoms with Crippen LogP contribution in [0.2, 0.25) is 0 Å². The van der Waals surface area contributed by atoms with Crippen molar-refractivity contribution in [3.8, 4) is 34.3 Å². The van der Waals surface area contributed by atoms with Gasteiger partial charge in [-0.15, -0.1) is 0 Å². The van der Waals surface area contributed by atoms with Crippen LogP contribution < -0.4 is 9.47 Å². The third-order valence-electron chi connectivity index (χ3n) is 8.73. The fourth-order valence-corrected chi connectivity index (χ4v) is 6.05. The van der Waals surface area contributed by atoms with Crippen LogP contribution in [0.1, 0.15) is 41.5 Å². The molecule has 224 valence electrons. The maximum Gasteiger partial charge on any atom is 0.145 e. The zero-order chi connectivity index (χ0) is 30.6. The Morgan fingerprint density at radius 3 is 1.30 bits per heavy atom. The van der Waals surface area contributed by atoms with Crippen molar-refractivity contribution >= 4 is 22.1 Å². The fraction of sp³-hybridized carbons (Fsp3) is 0.316. The molecule has 0 bridgehead atoms. The SMILES string of the molecule is CC(C)(C)[C@H]1Cn2c(nc3ccccc32)-c2ccccc2O1.CC(C)(C)[C@H]1Cn2c(nc3ccccc32)-c2ccccc2O1. The minimum atomic E-state index is 0.0556. The molecule has 0 unspecified atom stereocenters. The van der Waals surface area contributed by atoms with E-state index in [9.17, 15) is 0 Å². The van der Waals surface area contributed by atoms with Crippen molar-refractivity contribution in [1.29, 1.82) is 0 Å². The summed E-state index contributed by atoms with van der Waals surface area (Å²) >= 11 is 0. The van der Waals surface area contributed by atoms with Gasteiger partial charge in [0.05, 0.1) is 46.3 Å². The van der Waals surface area contributed by atoms with E-state index in [-0.39, 0.29) is 23.0 Å². The Hall–Kier alpha value is -4.58. The largest absolute Gasteiger partial charge is 0.487 e. The molecule has 4 heterocycles. The van der Waals surface area contributed by atoms with E-state index in [4.69, 9.17) is 19.4 Å². The lowest BCUT2D eigenvalue weighted by Crippen LogP contribution is -2.35. The van der Waals surface area contributed by atoms with Crippen LogP contribution in [0.5, 0.6) is 11.5 Å². The highest BCUT2D eigenvalue weighted by Gasteiger charge is 2.34. The predicted octanol–water partition coefficient (Wildman–Crippen LogP) is 9.02. The van der Waals surface area contributed by atoms with Crippen molar-refractivity contribution in [1.82, 2.24) is 19.1 Å². The molecule has 0 N–H and O–H groups in total. The van der Waals surface area contributed by atoms with E-state index in [1.807, 2.05) is 48.5 Å². The van der Waals surface area contributed by atoms with E-state index >= 15 is 0 Å². The molecule has 2 atom stereocenters. The monoisotopic (exact) mass is 584 g/mol. The molecule has 2 aromatic heterocycles. The van der Waals surface area contributed by atoms with E-state index in [2.05, 4.69) is 99.2 Å². The molecule has 6 aromatic rings. The number of benzene rings is 4. The lowest BCUT2D eigenvalue weighted by molar-refractivity contribution is 0.0758. The van der Waals surface area contributed by atoms with Gasteiger partial charge in [-0.05, 0) is 48.5 Å². The van der Waals surface area contributed by atoms with Crippen molar-refractivity contribution in [2.24, 2.45) is 10.8 Å². The van der Waals surface area contributed by atoms with Crippen LogP contribution in [-0.4, -0.2) is 31.3 Å². The van der Waals surface area contributed by atoms with Crippen molar-refractivity contribution in [3.63, 3.8) is 0 Å². The van der Waals surface area contributed by atoms with Gasteiger partial charge >= 0.3 is 0 Å². The van der Waals surface area contributed by atoms with Crippen LogP contribution >= 0.6 is 0 Å². The summed E-state index contributed by atoms with van der Waals surface area (Å²) in [6, 6.07) is 33.1. The van der Waals surface area contributed by atoms with Gasteiger partial charge in [-0.2, -0.15) is 0 Å². The Morgan fingerprint density at radius 1 is 0.523 bits per heavy atom. The highest BCUT2D eigenvalue weighted by atomic mass is 16.5. The smallest absolute Gasteiger partial charge is 0.145 e. The van der Waals surface area contributed by atoms with Gasteiger partial charge in [0.1, 0.15) is 35.4 Å². The van der Waals surface area contributed by atoms with Gasteiger partial charge in [-0.1, -0.05) is 90.1 Å². The summed E-state index contributed by atoms with van der Waals surface area (Å²) < 4.78 is 17.3. The van der Waals surface area contributed by atoms with Crippen LogP contribution in [0.3, 0.4) is 0 Å². The van der Waals surface area contributed by atoms with Crippen molar-refractivity contribution < 1.29 is 9.47 Å². The molecule has 0 saturated carbocycles. The first-order valence-electron chi connectivity index (χ1n) is 15.5. The van der Waals surface area contributed by atoms with Gasteiger partial charge in [0.25, 0.3) is 0 Å². The van der Waals surface area contributed by atoms with Crippen LogP contribution in [-0.2, 0) is 13.1 Å². The van der Waals surface area contributed by atoms with Crippen LogP contribution in [0, 0.1) is 10.8 Å². The summed E-state index contributed by atoms with van der Waals surface area (Å²) in [5.41, 5.74) is 6.69. The highest BCUT2D eigenvalue weighted by molar-refractivity contribution is 5.83. The van der Waals surface area contributed by atoms with Crippen LogP contribution in [0.4, 0.5) is 0 Å². The lowest BCUT2D eigenvalue weighted by Gasteiger charge is -2.30. The summed E-state index contributed by atoms with van der Waals surface area (Å²) in [5.74, 6) is 3.86. The average Bonchev–Trinajstić information content (AvgIpc) is 3.43. The second-order valence-electron chi connectivity index (χ2n) is 14.0. The molecule has 44 heavy (non-hydrogen) atoms. The summed E-state index contributed by atoms with van der Waals surface area (Å²) in [6.45, 7) is 15.0. The van der Waals surface area contributed by atoms with Gasteiger partial charge in [0.15, 0.2) is 0 Å². The second-order valence-corrected chi connectivity index (χ2v) is 14.0. The van der Waals surface area contributed by atoms with Crippen molar-refractivity contribution in [2.45, 2.75) is 66.8 Å². The third kappa shape index (κ3) is 5.02. The first-order valence-corrected chi connectivity index (χ1v) is 15.5. The third-order valence-corrected chi connectivity index (χ3v) is 8.73. The molecule has 0 fully saturated rings. The van der Waals surface area contributed by atoms with Gasteiger partial charge < -0.3 is 18.6 Å². The van der Waals surface area contributed by atoms with Gasteiger partial charge in [-0.25, -0.2) is 9.97 Å². The maximum atomic E-state index is 6.35. The summed E-state index contributed by atoms with van der Waals surface area (Å²) in [5, 5.41) is 0. The molecular formula is C38H40N4O2. The number of aromatic nitrogens is 4. The zero-order valence-electron chi connectivity index (χ0n) is 26.4. The molecule has 2 aliphatic heterocycles. The Bertz CT molecular complexity index is 1830. The minimum Gasteiger partial charge on any atom is -0.487 e. The van der Waals surface area contributed by atoms with Crippen molar-refractivity contribution in [2.75, 3.05) is 0 Å². The molecule has 0 spiro atoms. The van der Waals surface area contributed by atoms with Gasteiger partial charge in [0.2, 0.25) is 0 Å². The zero-order valence-corrected chi connectivity index (χ0v) is 26.4. The highest BCUT2D eigenvalue weighted by Crippen LogP contribution is 2.40. The first kappa shape index (κ1) is 28.2. The van der Waals surface area contributed by atoms with E-state index in [0.29, 0.717) is 0 Å². The molecule has 6 heteroatoms. The Balaban J connectivity index is 0.000000142. The summed E-state index contributed by atoms with van der Waals surface area (Å²) in [4.78, 5) is 9.71. The Kier molecular flexibility index (Phi) is 6.76. The number of ether oxygens (including phenoxy) is 2. The topological polar surface area (TPSA) is 54.1 Å². The predicted molar refractivity (Wildman–Crippen MR) is 178 cm³/mol. The number of rotatable bonds is 0. The molecular weight excluding hydrogens is 544 g/mol. The fourth-order valence-electron chi connectivity index (χ4n) is 6.05. The Labute approximate surface area is 259 Å². The van der Waals surface area contributed by atoms with E-state index in [0.717, 1.165) is 58.4 Å².